The molecule has 1 aliphatic rings. The molecular formula is C34H33NO4. The highest BCUT2D eigenvalue weighted by molar-refractivity contribution is 5.91. The fourth-order valence-corrected chi connectivity index (χ4v) is 5.18. The van der Waals surface area contributed by atoms with Gasteiger partial charge in [0, 0.05) is 22.4 Å². The van der Waals surface area contributed by atoms with Crippen LogP contribution in [0.15, 0.2) is 97.1 Å². The molecule has 39 heavy (non-hydrogen) atoms. The van der Waals surface area contributed by atoms with E-state index in [1.165, 1.54) is 0 Å². The molecule has 0 radical (unpaired) electrons. The molecule has 0 unspecified atom stereocenters. The molecule has 0 spiro atoms. The molecular weight excluding hydrogens is 486 g/mol. The molecule has 5 rings (SSSR count). The third-order valence-electron chi connectivity index (χ3n) is 6.81. The van der Waals surface area contributed by atoms with E-state index in [1.807, 2.05) is 66.7 Å². The smallest absolute Gasteiger partial charge is 0.338 e. The van der Waals surface area contributed by atoms with E-state index in [4.69, 9.17) is 14.2 Å². The molecule has 4 aromatic rings. The SMILES string of the molecule is COc1c(OCc2ccccc2)cccc1-c1ccc2c(c1COC(=O)c1ccccc1)C(C)=CC(C)(C)N2. The van der Waals surface area contributed by atoms with Crippen molar-refractivity contribution in [2.75, 3.05) is 12.4 Å². The summed E-state index contributed by atoms with van der Waals surface area (Å²) in [4.78, 5) is 12.9. The van der Waals surface area contributed by atoms with Crippen molar-refractivity contribution in [1.29, 1.82) is 0 Å². The summed E-state index contributed by atoms with van der Waals surface area (Å²) in [6, 6.07) is 29.1. The Kier molecular flexibility index (Phi) is 7.42. The lowest BCUT2D eigenvalue weighted by Crippen LogP contribution is -2.32. The van der Waals surface area contributed by atoms with Gasteiger partial charge in [0.15, 0.2) is 11.5 Å². The van der Waals surface area contributed by atoms with E-state index < -0.39 is 0 Å². The van der Waals surface area contributed by atoms with Gasteiger partial charge in [-0.3, -0.25) is 0 Å². The third kappa shape index (κ3) is 5.68. The van der Waals surface area contributed by atoms with Crippen LogP contribution in [0.1, 0.15) is 47.8 Å². The van der Waals surface area contributed by atoms with Gasteiger partial charge in [-0.25, -0.2) is 4.79 Å². The minimum Gasteiger partial charge on any atom is -0.492 e. The average molecular weight is 520 g/mol. The van der Waals surface area contributed by atoms with Crippen LogP contribution < -0.4 is 14.8 Å². The number of para-hydroxylation sites is 1. The monoisotopic (exact) mass is 519 g/mol. The van der Waals surface area contributed by atoms with Crippen molar-refractivity contribution in [2.45, 2.75) is 39.5 Å². The Labute approximate surface area is 230 Å². The summed E-state index contributed by atoms with van der Waals surface area (Å²) in [6.45, 7) is 6.91. The minimum atomic E-state index is -0.364. The van der Waals surface area contributed by atoms with Gasteiger partial charge in [-0.15, -0.1) is 0 Å². The first-order valence-corrected chi connectivity index (χ1v) is 13.1. The van der Waals surface area contributed by atoms with Gasteiger partial charge < -0.3 is 19.5 Å². The van der Waals surface area contributed by atoms with Gasteiger partial charge in [0.25, 0.3) is 0 Å². The van der Waals surface area contributed by atoms with Crippen molar-refractivity contribution in [2.24, 2.45) is 0 Å². The van der Waals surface area contributed by atoms with Gasteiger partial charge in [-0.05, 0) is 61.7 Å². The first-order valence-electron chi connectivity index (χ1n) is 13.1. The maximum absolute atomic E-state index is 12.9. The van der Waals surface area contributed by atoms with Crippen LogP contribution in [0.3, 0.4) is 0 Å². The van der Waals surface area contributed by atoms with E-state index in [2.05, 4.69) is 44.3 Å². The maximum Gasteiger partial charge on any atom is 0.338 e. The zero-order valence-electron chi connectivity index (χ0n) is 22.8. The fourth-order valence-electron chi connectivity index (χ4n) is 5.18. The molecule has 5 nitrogen and oxygen atoms in total. The van der Waals surface area contributed by atoms with Crippen LogP contribution in [0.4, 0.5) is 5.69 Å². The van der Waals surface area contributed by atoms with Crippen molar-refractivity contribution in [3.05, 3.63) is 119 Å². The molecule has 4 aromatic carbocycles. The predicted molar refractivity (Wildman–Crippen MR) is 156 cm³/mol. The first-order chi connectivity index (χ1) is 18.9. The van der Waals surface area contributed by atoms with Crippen LogP contribution >= 0.6 is 0 Å². The second-order valence-corrected chi connectivity index (χ2v) is 10.2. The number of fused-ring (bicyclic) bond motifs is 1. The van der Waals surface area contributed by atoms with E-state index in [0.717, 1.165) is 39.1 Å². The quantitative estimate of drug-likeness (QED) is 0.240. The topological polar surface area (TPSA) is 56.8 Å². The Morgan fingerprint density at radius 2 is 1.54 bits per heavy atom. The van der Waals surface area contributed by atoms with Gasteiger partial charge in [0.1, 0.15) is 13.2 Å². The summed E-state index contributed by atoms with van der Waals surface area (Å²) in [5.41, 5.74) is 7.25. The fraction of sp³-hybridized carbons (Fsp3) is 0.206. The summed E-state index contributed by atoms with van der Waals surface area (Å²) in [5, 5.41) is 3.61. The summed E-state index contributed by atoms with van der Waals surface area (Å²) in [7, 11) is 1.65. The highest BCUT2D eigenvalue weighted by Gasteiger charge is 2.27. The number of esters is 1. The number of hydrogen-bond acceptors (Lipinski definition) is 5. The third-order valence-corrected chi connectivity index (χ3v) is 6.81. The number of benzene rings is 4. The number of rotatable bonds is 8. The molecule has 0 atom stereocenters. The van der Waals surface area contributed by atoms with Crippen LogP contribution in [0.5, 0.6) is 11.5 Å². The van der Waals surface area contributed by atoms with Gasteiger partial charge in [-0.1, -0.05) is 72.8 Å². The highest BCUT2D eigenvalue weighted by Crippen LogP contribution is 2.45. The molecule has 1 N–H and O–H groups in total. The van der Waals surface area contributed by atoms with Crippen LogP contribution in [-0.4, -0.2) is 18.6 Å². The molecule has 0 fully saturated rings. The normalized spacial score (nSPS) is 13.5. The molecule has 198 valence electrons. The van der Waals surface area contributed by atoms with Crippen LogP contribution in [0, 0.1) is 0 Å². The highest BCUT2D eigenvalue weighted by atomic mass is 16.5. The molecule has 1 heterocycles. The molecule has 0 aliphatic carbocycles. The lowest BCUT2D eigenvalue weighted by atomic mass is 9.85. The van der Waals surface area contributed by atoms with E-state index in [-0.39, 0.29) is 18.1 Å². The molecule has 1 aliphatic heterocycles. The molecule has 0 bridgehead atoms. The zero-order valence-corrected chi connectivity index (χ0v) is 22.8. The van der Waals surface area contributed by atoms with Gasteiger partial charge in [0.05, 0.1) is 18.2 Å². The summed E-state index contributed by atoms with van der Waals surface area (Å²) < 4.78 is 18.0. The van der Waals surface area contributed by atoms with Gasteiger partial charge >= 0.3 is 5.97 Å². The number of carbonyl (C=O) groups is 1. The van der Waals surface area contributed by atoms with Crippen molar-refractivity contribution < 1.29 is 19.0 Å². The number of anilines is 1. The lowest BCUT2D eigenvalue weighted by molar-refractivity contribution is 0.0473. The second-order valence-electron chi connectivity index (χ2n) is 10.2. The Hall–Kier alpha value is -4.51. The average Bonchev–Trinajstić information content (AvgIpc) is 2.94. The van der Waals surface area contributed by atoms with Crippen molar-refractivity contribution in [3.63, 3.8) is 0 Å². The van der Waals surface area contributed by atoms with Crippen molar-refractivity contribution in [1.82, 2.24) is 0 Å². The number of hydrogen-bond donors (Lipinski definition) is 1. The predicted octanol–water partition coefficient (Wildman–Crippen LogP) is 7.91. The number of carbonyl (C=O) groups excluding carboxylic acids is 1. The van der Waals surface area contributed by atoms with Crippen LogP contribution in [0.2, 0.25) is 0 Å². The van der Waals surface area contributed by atoms with Gasteiger partial charge in [-0.2, -0.15) is 0 Å². The van der Waals surface area contributed by atoms with Crippen molar-refractivity contribution in [3.8, 4) is 22.6 Å². The Morgan fingerprint density at radius 3 is 2.26 bits per heavy atom. The van der Waals surface area contributed by atoms with Crippen molar-refractivity contribution >= 4 is 17.2 Å². The molecule has 5 heteroatoms. The number of nitrogens with one attached hydrogen (secondary N) is 1. The number of methoxy groups -OCH3 is 1. The summed E-state index contributed by atoms with van der Waals surface area (Å²) in [6.07, 6.45) is 2.21. The second kappa shape index (κ2) is 11.1. The molecule has 0 saturated heterocycles. The molecule has 0 saturated carbocycles. The van der Waals surface area contributed by atoms with Gasteiger partial charge in [0.2, 0.25) is 0 Å². The van der Waals surface area contributed by atoms with E-state index in [1.54, 1.807) is 19.2 Å². The summed E-state index contributed by atoms with van der Waals surface area (Å²) >= 11 is 0. The number of ether oxygens (including phenoxy) is 3. The number of allylic oxidation sites excluding steroid dienone is 1. The Bertz CT molecular complexity index is 1510. The maximum atomic E-state index is 12.9. The largest absolute Gasteiger partial charge is 0.492 e. The van der Waals surface area contributed by atoms with E-state index in [0.29, 0.717) is 23.7 Å². The van der Waals surface area contributed by atoms with Crippen LogP contribution in [-0.2, 0) is 18.0 Å². The first kappa shape index (κ1) is 26.1. The minimum absolute atomic E-state index is 0.109. The zero-order chi connectivity index (χ0) is 27.4. The molecule has 0 aromatic heterocycles. The molecule has 0 amide bonds. The van der Waals surface area contributed by atoms with E-state index in [9.17, 15) is 4.79 Å². The Morgan fingerprint density at radius 1 is 0.821 bits per heavy atom. The standard InChI is InChI=1S/C34H33NO4/c1-23-20-34(2,3)35-29-19-18-26(28(31(23)29)22-39-33(36)25-14-9-6-10-15-25)27-16-11-17-30(32(27)37-4)38-21-24-12-7-5-8-13-24/h5-20,35H,21-22H2,1-4H3. The lowest BCUT2D eigenvalue weighted by Gasteiger charge is -2.33. The van der Waals surface area contributed by atoms with E-state index >= 15 is 0 Å². The Balaban J connectivity index is 1.56. The van der Waals surface area contributed by atoms with Crippen LogP contribution in [0.25, 0.3) is 16.7 Å². The summed E-state index contributed by atoms with van der Waals surface area (Å²) in [5.74, 6) is 0.918.